The summed E-state index contributed by atoms with van der Waals surface area (Å²) in [5, 5.41) is 3.59. The molecule has 0 N–H and O–H groups in total. The van der Waals surface area contributed by atoms with Crippen LogP contribution in [-0.2, 0) is 39.5 Å². The zero-order valence-electron chi connectivity index (χ0n) is 17.6. The average Bonchev–Trinajstić information content (AvgIpc) is 2.70. The summed E-state index contributed by atoms with van der Waals surface area (Å²) in [5.41, 5.74) is 6.94. The SMILES string of the molecule is CC(=O)OCC1O[C@H](Sc2cccc(C(F)(F)F)c2)[C@@H](OC(C)=O)C(N=[N+]=[N-])[C@H]1OC(C)=O. The summed E-state index contributed by atoms with van der Waals surface area (Å²) in [6.07, 6.45) is -8.40. The van der Waals surface area contributed by atoms with Crippen molar-refractivity contribution in [3.8, 4) is 0 Å². The van der Waals surface area contributed by atoms with Gasteiger partial charge in [-0.3, -0.25) is 14.4 Å². The first kappa shape index (κ1) is 26.3. The maximum atomic E-state index is 13.1. The number of nitrogens with zero attached hydrogens (tertiary/aromatic N) is 3. The molecule has 0 radical (unpaired) electrons. The fourth-order valence-corrected chi connectivity index (χ4v) is 4.22. The van der Waals surface area contributed by atoms with E-state index in [0.717, 1.165) is 44.7 Å². The summed E-state index contributed by atoms with van der Waals surface area (Å²) in [7, 11) is 0. The van der Waals surface area contributed by atoms with E-state index < -0.39 is 66.0 Å². The Bertz CT molecular complexity index is 939. The molecule has 0 spiro atoms. The number of carbonyl (C=O) groups excluding carboxylic acids is 3. The van der Waals surface area contributed by atoms with Crippen molar-refractivity contribution in [1.29, 1.82) is 0 Å². The van der Waals surface area contributed by atoms with E-state index in [9.17, 15) is 27.6 Å². The summed E-state index contributed by atoms with van der Waals surface area (Å²) < 4.78 is 60.6. The summed E-state index contributed by atoms with van der Waals surface area (Å²) in [6, 6.07) is 3.02. The Balaban J connectivity index is 2.47. The highest BCUT2D eigenvalue weighted by molar-refractivity contribution is 7.99. The summed E-state index contributed by atoms with van der Waals surface area (Å²) >= 11 is 0.770. The van der Waals surface area contributed by atoms with Crippen molar-refractivity contribution in [2.24, 2.45) is 5.11 Å². The van der Waals surface area contributed by atoms with E-state index >= 15 is 0 Å². The van der Waals surface area contributed by atoms with Crippen molar-refractivity contribution < 1.29 is 46.5 Å². The molecule has 1 aromatic rings. The number of thioether (sulfide) groups is 1. The first-order chi connectivity index (χ1) is 15.4. The first-order valence-corrected chi connectivity index (χ1v) is 10.3. The highest BCUT2D eigenvalue weighted by Gasteiger charge is 2.50. The normalized spacial score (nSPS) is 24.8. The Morgan fingerprint density at radius 1 is 1.12 bits per heavy atom. The summed E-state index contributed by atoms with van der Waals surface area (Å²) in [4.78, 5) is 37.5. The minimum absolute atomic E-state index is 0.115. The van der Waals surface area contributed by atoms with Crippen molar-refractivity contribution in [3.63, 3.8) is 0 Å². The molecule has 0 aromatic heterocycles. The minimum atomic E-state index is -4.59. The fraction of sp³-hybridized carbons (Fsp3) is 0.526. The van der Waals surface area contributed by atoms with Crippen LogP contribution in [0.25, 0.3) is 10.4 Å². The molecule has 2 unspecified atom stereocenters. The molecule has 1 saturated heterocycles. The van der Waals surface area contributed by atoms with E-state index in [0.29, 0.717) is 0 Å². The molecule has 2 rings (SSSR count). The molecule has 0 bridgehead atoms. The Morgan fingerprint density at radius 3 is 2.30 bits per heavy atom. The van der Waals surface area contributed by atoms with E-state index in [1.165, 1.54) is 12.1 Å². The Labute approximate surface area is 190 Å². The topological polar surface area (TPSA) is 137 Å². The van der Waals surface area contributed by atoms with Gasteiger partial charge in [0.05, 0.1) is 5.56 Å². The van der Waals surface area contributed by atoms with Gasteiger partial charge in [0.25, 0.3) is 0 Å². The molecule has 14 heteroatoms. The lowest BCUT2D eigenvalue weighted by Crippen LogP contribution is -2.59. The maximum Gasteiger partial charge on any atom is 0.416 e. The van der Waals surface area contributed by atoms with Gasteiger partial charge in [-0.2, -0.15) is 13.2 Å². The second kappa shape index (κ2) is 11.3. The number of carbonyl (C=O) groups is 3. The van der Waals surface area contributed by atoms with Gasteiger partial charge in [-0.1, -0.05) is 22.9 Å². The lowest BCUT2D eigenvalue weighted by atomic mass is 9.97. The van der Waals surface area contributed by atoms with E-state index in [2.05, 4.69) is 10.0 Å². The van der Waals surface area contributed by atoms with Crippen molar-refractivity contribution in [2.45, 2.75) is 61.6 Å². The zero-order chi connectivity index (χ0) is 24.8. The van der Waals surface area contributed by atoms with Gasteiger partial charge in [0.2, 0.25) is 0 Å². The van der Waals surface area contributed by atoms with Gasteiger partial charge in [0, 0.05) is 30.6 Å². The molecule has 0 amide bonds. The number of hydrogen-bond acceptors (Lipinski definition) is 9. The second-order valence-electron chi connectivity index (χ2n) is 6.83. The van der Waals surface area contributed by atoms with Crippen LogP contribution in [0.2, 0.25) is 0 Å². The van der Waals surface area contributed by atoms with Crippen LogP contribution in [0.1, 0.15) is 26.3 Å². The van der Waals surface area contributed by atoms with Crippen LogP contribution in [0.3, 0.4) is 0 Å². The molecule has 5 atom stereocenters. The lowest BCUT2D eigenvalue weighted by molar-refractivity contribution is -0.201. The minimum Gasteiger partial charge on any atom is -0.463 e. The molecular formula is C19H20F3N3O7S. The number of rotatable bonds is 7. The van der Waals surface area contributed by atoms with Crippen LogP contribution in [0, 0.1) is 0 Å². The van der Waals surface area contributed by atoms with Crippen molar-refractivity contribution in [2.75, 3.05) is 6.61 Å². The molecule has 1 fully saturated rings. The number of hydrogen-bond donors (Lipinski definition) is 0. The third kappa shape index (κ3) is 7.55. The number of benzene rings is 1. The van der Waals surface area contributed by atoms with Gasteiger partial charge >= 0.3 is 24.1 Å². The Hall–Kier alpha value is -2.96. The molecule has 180 valence electrons. The van der Waals surface area contributed by atoms with Crippen LogP contribution < -0.4 is 0 Å². The van der Waals surface area contributed by atoms with Gasteiger partial charge in [-0.15, -0.1) is 0 Å². The molecule has 33 heavy (non-hydrogen) atoms. The van der Waals surface area contributed by atoms with Crippen LogP contribution in [0.5, 0.6) is 0 Å². The first-order valence-electron chi connectivity index (χ1n) is 9.43. The van der Waals surface area contributed by atoms with Gasteiger partial charge in [0.15, 0.2) is 0 Å². The van der Waals surface area contributed by atoms with E-state index in [1.807, 2.05) is 0 Å². The fourth-order valence-electron chi connectivity index (χ4n) is 3.05. The number of esters is 3. The number of halogens is 3. The molecular weight excluding hydrogens is 471 g/mol. The summed E-state index contributed by atoms with van der Waals surface area (Å²) in [5.74, 6) is -2.25. The number of ether oxygens (including phenoxy) is 4. The van der Waals surface area contributed by atoms with Crippen LogP contribution in [-0.4, -0.2) is 54.3 Å². The van der Waals surface area contributed by atoms with Crippen molar-refractivity contribution in [3.05, 3.63) is 40.3 Å². The molecule has 0 aliphatic carbocycles. The monoisotopic (exact) mass is 491 g/mol. The van der Waals surface area contributed by atoms with Gasteiger partial charge in [0.1, 0.15) is 36.4 Å². The smallest absolute Gasteiger partial charge is 0.416 e. The number of alkyl halides is 3. The van der Waals surface area contributed by atoms with Gasteiger partial charge in [-0.05, 0) is 23.7 Å². The quantitative estimate of drug-likeness (QED) is 0.185. The molecule has 1 aliphatic heterocycles. The van der Waals surface area contributed by atoms with E-state index in [-0.39, 0.29) is 4.90 Å². The highest BCUT2D eigenvalue weighted by atomic mass is 32.2. The molecule has 1 aromatic carbocycles. The molecule has 0 saturated carbocycles. The Kier molecular flexibility index (Phi) is 8.97. The van der Waals surface area contributed by atoms with Crippen LogP contribution >= 0.6 is 11.8 Å². The highest BCUT2D eigenvalue weighted by Crippen LogP contribution is 2.39. The van der Waals surface area contributed by atoms with E-state index in [4.69, 9.17) is 24.5 Å². The van der Waals surface area contributed by atoms with Gasteiger partial charge in [-0.25, -0.2) is 0 Å². The second-order valence-corrected chi connectivity index (χ2v) is 8.00. The zero-order valence-corrected chi connectivity index (χ0v) is 18.5. The Morgan fingerprint density at radius 2 is 1.76 bits per heavy atom. The molecule has 10 nitrogen and oxygen atoms in total. The lowest BCUT2D eigenvalue weighted by Gasteiger charge is -2.43. The predicted molar refractivity (Wildman–Crippen MR) is 107 cm³/mol. The van der Waals surface area contributed by atoms with Crippen molar-refractivity contribution in [1.82, 2.24) is 0 Å². The number of azide groups is 1. The van der Waals surface area contributed by atoms with Gasteiger partial charge < -0.3 is 18.9 Å². The average molecular weight is 491 g/mol. The largest absolute Gasteiger partial charge is 0.463 e. The van der Waals surface area contributed by atoms with E-state index in [1.54, 1.807) is 0 Å². The predicted octanol–water partition coefficient (Wildman–Crippen LogP) is 3.63. The third-order valence-corrected chi connectivity index (χ3v) is 5.41. The standard InChI is InChI=1S/C19H20F3N3O7S/c1-9(26)29-8-14-16(30-10(2)27)15(24-25-23)17(31-11(3)28)18(32-14)33-13-6-4-5-12(7-13)19(20,21)22/h4-7,14-18H,8H2,1-3H3/t14?,15?,16-,17-,18+/m0/s1. The molecule has 1 aliphatic rings. The summed E-state index contributed by atoms with van der Waals surface area (Å²) in [6.45, 7) is 2.87. The maximum absolute atomic E-state index is 13.1. The van der Waals surface area contributed by atoms with Crippen LogP contribution in [0.4, 0.5) is 13.2 Å². The molecule has 1 heterocycles. The van der Waals surface area contributed by atoms with Crippen LogP contribution in [0.15, 0.2) is 34.3 Å². The third-order valence-electron chi connectivity index (χ3n) is 4.27. The van der Waals surface area contributed by atoms with Crippen molar-refractivity contribution >= 4 is 29.7 Å².